The summed E-state index contributed by atoms with van der Waals surface area (Å²) >= 11 is 0. The van der Waals surface area contributed by atoms with Crippen LogP contribution in [0.1, 0.15) is 73.3 Å². The van der Waals surface area contributed by atoms with Crippen LogP contribution in [0.2, 0.25) is 0 Å². The summed E-state index contributed by atoms with van der Waals surface area (Å²) in [5.74, 6) is -0.221. The molecule has 5 fully saturated rings. The molecule has 340 valence electrons. The summed E-state index contributed by atoms with van der Waals surface area (Å²) in [6.07, 6.45) is 10.0. The van der Waals surface area contributed by atoms with Crippen molar-refractivity contribution in [3.63, 3.8) is 0 Å². The number of likely N-dealkylation sites (tertiary alicyclic amines) is 1. The number of piperidine rings is 1. The fourth-order valence-corrected chi connectivity index (χ4v) is 12.3. The minimum atomic E-state index is -4.58. The van der Waals surface area contributed by atoms with Crippen LogP contribution >= 0.6 is 0 Å². The van der Waals surface area contributed by atoms with Crippen LogP contribution in [0.4, 0.5) is 28.4 Å². The zero-order chi connectivity index (χ0) is 44.3. The highest BCUT2D eigenvalue weighted by molar-refractivity contribution is 7.90. The van der Waals surface area contributed by atoms with Crippen LogP contribution in [0.15, 0.2) is 90.0 Å². The van der Waals surface area contributed by atoms with Crippen molar-refractivity contribution in [1.82, 2.24) is 19.6 Å². The third kappa shape index (κ3) is 7.95. The molecule has 4 saturated heterocycles. The Bertz CT molecular complexity index is 2710. The molecule has 0 radical (unpaired) electrons. The second kappa shape index (κ2) is 16.9. The van der Waals surface area contributed by atoms with Crippen molar-refractivity contribution >= 4 is 55.4 Å². The zero-order valence-electron chi connectivity index (χ0n) is 36.2. The van der Waals surface area contributed by atoms with Gasteiger partial charge in [-0.25, -0.2) is 13.1 Å². The van der Waals surface area contributed by atoms with Crippen molar-refractivity contribution in [2.45, 2.75) is 80.5 Å². The van der Waals surface area contributed by atoms with Crippen LogP contribution in [0.5, 0.6) is 5.88 Å². The molecule has 1 amide bonds. The molecule has 0 unspecified atom stereocenters. The van der Waals surface area contributed by atoms with E-state index in [4.69, 9.17) is 19.2 Å². The normalized spacial score (nSPS) is 23.5. The lowest BCUT2D eigenvalue weighted by molar-refractivity contribution is -0.384. The Morgan fingerprint density at radius 3 is 2.54 bits per heavy atom. The Morgan fingerprint density at radius 2 is 1.74 bits per heavy atom. The molecule has 1 aliphatic carbocycles. The first kappa shape index (κ1) is 41.9. The molecule has 6 aliphatic rings. The van der Waals surface area contributed by atoms with E-state index in [0.29, 0.717) is 73.4 Å². The van der Waals surface area contributed by atoms with Gasteiger partial charge >= 0.3 is 0 Å². The molecule has 3 aromatic carbocycles. The highest BCUT2D eigenvalue weighted by Crippen LogP contribution is 2.54. The van der Waals surface area contributed by atoms with Crippen molar-refractivity contribution in [2.75, 3.05) is 67.7 Å². The van der Waals surface area contributed by atoms with Gasteiger partial charge in [0.05, 0.1) is 40.3 Å². The lowest BCUT2D eigenvalue weighted by atomic mass is 9.60. The number of sulfonamides is 1. The van der Waals surface area contributed by atoms with Crippen molar-refractivity contribution < 1.29 is 32.3 Å². The van der Waals surface area contributed by atoms with Crippen LogP contribution in [0, 0.1) is 21.4 Å². The average molecular weight is 903 g/mol. The molecule has 11 rings (SSSR count). The molecule has 7 heterocycles. The summed E-state index contributed by atoms with van der Waals surface area (Å²) in [7, 11) is -4.58. The number of hydrogen-bond acceptors (Lipinski definition) is 13. The second-order valence-electron chi connectivity index (χ2n) is 18.7. The van der Waals surface area contributed by atoms with E-state index in [1.807, 2.05) is 29.2 Å². The minimum Gasteiger partial charge on any atom is -0.468 e. The largest absolute Gasteiger partial charge is 0.468 e. The second-order valence-corrected chi connectivity index (χ2v) is 20.4. The van der Waals surface area contributed by atoms with Gasteiger partial charge < -0.3 is 34.3 Å². The van der Waals surface area contributed by atoms with Gasteiger partial charge in [0.15, 0.2) is 0 Å². The highest BCUT2D eigenvalue weighted by Gasteiger charge is 2.50. The predicted molar refractivity (Wildman–Crippen MR) is 246 cm³/mol. The molecule has 65 heavy (non-hydrogen) atoms. The number of fused-ring (bicyclic) bond motifs is 3. The quantitative estimate of drug-likeness (QED) is 0.0887. The summed E-state index contributed by atoms with van der Waals surface area (Å²) in [4.78, 5) is 40.9. The van der Waals surface area contributed by atoms with Gasteiger partial charge in [-0.3, -0.25) is 19.8 Å². The Labute approximate surface area is 377 Å². The fourth-order valence-electron chi connectivity index (χ4n) is 11.3. The van der Waals surface area contributed by atoms with Gasteiger partial charge in [-0.05, 0) is 117 Å². The molecule has 1 spiro atoms. The molecule has 16 nitrogen and oxygen atoms in total. The predicted octanol–water partition coefficient (Wildman–Crippen LogP) is 7.31. The molecule has 5 aliphatic heterocycles. The van der Waals surface area contributed by atoms with Gasteiger partial charge in [0.1, 0.15) is 23.1 Å². The first-order valence-corrected chi connectivity index (χ1v) is 24.5. The first-order chi connectivity index (χ1) is 31.6. The SMILES string of the molecule is O=C(NS(=O)(=O)c1ccc(NCC2CCOCC2)c([N+](=O)[O-])c1)c1ccc(N2CCC3(CC2)CC(N2CCC[C@H]2c2ccccc2)C3)cc1N1c2cc3cc[nH]c3nc2O[C@@H]2COC[C@H]21. The summed E-state index contributed by atoms with van der Waals surface area (Å²) < 4.78 is 48.1. The van der Waals surface area contributed by atoms with Crippen LogP contribution in [-0.2, 0) is 19.5 Å². The molecule has 1 saturated carbocycles. The Hall–Kier alpha value is -5.75. The van der Waals surface area contributed by atoms with E-state index in [2.05, 4.69) is 55.2 Å². The topological polar surface area (TPSA) is 184 Å². The number of rotatable bonds is 11. The van der Waals surface area contributed by atoms with Gasteiger partial charge in [-0.2, -0.15) is 4.98 Å². The summed E-state index contributed by atoms with van der Waals surface area (Å²) in [6, 6.07) is 24.8. The van der Waals surface area contributed by atoms with Gasteiger partial charge in [-0.15, -0.1) is 0 Å². The number of nitro benzene ring substituents is 1. The number of nitrogens with one attached hydrogen (secondary N) is 3. The van der Waals surface area contributed by atoms with Crippen molar-refractivity contribution in [2.24, 2.45) is 11.3 Å². The first-order valence-electron chi connectivity index (χ1n) is 23.0. The molecular weight excluding hydrogens is 849 g/mol. The van der Waals surface area contributed by atoms with Crippen molar-refractivity contribution in [1.29, 1.82) is 0 Å². The lowest BCUT2D eigenvalue weighted by Crippen LogP contribution is -2.54. The molecule has 17 heteroatoms. The van der Waals surface area contributed by atoms with Crippen LogP contribution in [0.25, 0.3) is 11.0 Å². The smallest absolute Gasteiger partial charge is 0.293 e. The number of carbonyl (C=O) groups excluding carboxylic acids is 1. The number of pyridine rings is 1. The molecule has 2 aromatic heterocycles. The average Bonchev–Trinajstić information content (AvgIpc) is 4.11. The van der Waals surface area contributed by atoms with E-state index in [0.717, 1.165) is 62.5 Å². The third-order valence-electron chi connectivity index (χ3n) is 14.9. The molecule has 3 atom stereocenters. The van der Waals surface area contributed by atoms with Gasteiger partial charge in [0, 0.05) is 68.3 Å². The van der Waals surface area contributed by atoms with E-state index >= 15 is 0 Å². The maximum absolute atomic E-state index is 14.5. The Balaban J connectivity index is 0.874. The third-order valence-corrected chi connectivity index (χ3v) is 16.2. The van der Waals surface area contributed by atoms with Crippen molar-refractivity contribution in [3.05, 3.63) is 106 Å². The molecule has 5 aromatic rings. The standard InChI is InChI=1S/C48H54N8O8S/c57-46(52-65(60,61)36-9-11-38(41(25-36)56(58)59)50-28-31-13-21-62-22-14-31)37-10-8-34(24-40(37)55-42-23-33-12-17-49-45(33)51-47(42)64-44-30-63-29-43(44)55)53-19-15-48(16-20-53)26-35(27-48)54-18-4-7-39(54)32-5-2-1-3-6-32/h1-3,5-6,8-12,17,23-25,31,35,39,43-44,50H,4,7,13-16,18-22,26-30H2,(H,49,51)(H,52,57)/t39-,43+,44+/m0/s1. The minimum absolute atomic E-state index is 0.114. The number of carbonyl (C=O) groups is 1. The van der Waals surface area contributed by atoms with Gasteiger partial charge in [0.25, 0.3) is 21.6 Å². The van der Waals surface area contributed by atoms with Gasteiger partial charge in [0.2, 0.25) is 5.88 Å². The highest BCUT2D eigenvalue weighted by atomic mass is 32.2. The summed E-state index contributed by atoms with van der Waals surface area (Å²) in [5, 5.41) is 16.2. The van der Waals surface area contributed by atoms with E-state index in [1.54, 1.807) is 12.3 Å². The van der Waals surface area contributed by atoms with Crippen LogP contribution in [0.3, 0.4) is 0 Å². The van der Waals surface area contributed by atoms with E-state index in [9.17, 15) is 23.3 Å². The Morgan fingerprint density at radius 1 is 0.923 bits per heavy atom. The number of amides is 1. The van der Waals surface area contributed by atoms with Crippen LogP contribution in [-0.4, -0.2) is 105 Å². The zero-order valence-corrected chi connectivity index (χ0v) is 37.0. The number of H-pyrrole nitrogens is 1. The maximum atomic E-state index is 14.5. The number of aromatic amines is 1. The number of nitrogens with zero attached hydrogens (tertiary/aromatic N) is 5. The molecular formula is C48H54N8O8S. The number of ether oxygens (including phenoxy) is 3. The van der Waals surface area contributed by atoms with Crippen molar-refractivity contribution in [3.8, 4) is 5.88 Å². The maximum Gasteiger partial charge on any atom is 0.293 e. The van der Waals surface area contributed by atoms with E-state index in [1.165, 1.54) is 43.4 Å². The number of hydrogen-bond donors (Lipinski definition) is 3. The number of aromatic nitrogens is 2. The summed E-state index contributed by atoms with van der Waals surface area (Å²) in [5.41, 5.74) is 4.34. The number of anilines is 4. The lowest BCUT2D eigenvalue weighted by Gasteiger charge is -2.56. The van der Waals surface area contributed by atoms with E-state index < -0.39 is 37.5 Å². The molecule has 0 bridgehead atoms. The number of benzene rings is 3. The Kier molecular flexibility index (Phi) is 10.9. The van der Waals surface area contributed by atoms with Gasteiger partial charge in [-0.1, -0.05) is 30.3 Å². The monoisotopic (exact) mass is 902 g/mol. The number of nitro groups is 1. The van der Waals surface area contributed by atoms with Crippen LogP contribution < -0.4 is 24.6 Å². The summed E-state index contributed by atoms with van der Waals surface area (Å²) in [6.45, 7) is 5.24. The fraction of sp³-hybridized carbons (Fsp3) is 0.458. The van der Waals surface area contributed by atoms with E-state index in [-0.39, 0.29) is 23.2 Å². The molecule has 3 N–H and O–H groups in total.